The molecule has 0 saturated heterocycles. The number of hydrazone groups is 1. The third-order valence-electron chi connectivity index (χ3n) is 5.83. The molecule has 4 aromatic rings. The van der Waals surface area contributed by atoms with Crippen LogP contribution >= 0.6 is 11.8 Å². The molecule has 1 N–H and O–H groups in total. The number of nitrogens with one attached hydrogen (secondary N) is 1. The highest BCUT2D eigenvalue weighted by Gasteiger charge is 2.19. The van der Waals surface area contributed by atoms with Crippen molar-refractivity contribution in [1.29, 1.82) is 0 Å². The maximum Gasteiger partial charge on any atom is 0.269 e. The van der Waals surface area contributed by atoms with Crippen molar-refractivity contribution in [2.24, 2.45) is 5.10 Å². The van der Waals surface area contributed by atoms with Crippen LogP contribution < -0.4 is 5.43 Å². The van der Waals surface area contributed by atoms with E-state index >= 15 is 0 Å². The minimum atomic E-state index is -0.463. The molecule has 0 radical (unpaired) electrons. The van der Waals surface area contributed by atoms with Crippen molar-refractivity contribution in [3.63, 3.8) is 0 Å². The fourth-order valence-corrected chi connectivity index (χ4v) is 4.42. The minimum Gasteiger partial charge on any atom is -0.272 e. The zero-order valence-electron chi connectivity index (χ0n) is 21.6. The molecule has 0 fully saturated rings. The Kier molecular flexibility index (Phi) is 8.02. The van der Waals surface area contributed by atoms with Gasteiger partial charge in [-0.3, -0.25) is 19.5 Å². The van der Waals surface area contributed by atoms with Crippen molar-refractivity contribution in [3.8, 4) is 17.1 Å². The lowest BCUT2D eigenvalue weighted by Gasteiger charge is -2.19. The average Bonchev–Trinajstić information content (AvgIpc) is 3.34. The smallest absolute Gasteiger partial charge is 0.269 e. The van der Waals surface area contributed by atoms with E-state index in [0.717, 1.165) is 11.3 Å². The molecule has 1 heterocycles. The monoisotopic (exact) mass is 528 g/mol. The third-order valence-corrected chi connectivity index (χ3v) is 6.76. The first-order valence-corrected chi connectivity index (χ1v) is 12.9. The van der Waals surface area contributed by atoms with Crippen molar-refractivity contribution in [1.82, 2.24) is 20.2 Å². The van der Waals surface area contributed by atoms with Gasteiger partial charge in [-0.1, -0.05) is 75.0 Å². The standard InChI is InChI=1S/C28H28N6O3S/c1-19(20-12-16-24(17-13-20)34(36)37)29-30-25(35)18-38-27-32-31-26(33(27)23-8-6-5-7-9-23)21-10-14-22(15-11-21)28(2,3)4/h5-17H,18H2,1-4H3,(H,30,35)/b29-19-. The van der Waals surface area contributed by atoms with Gasteiger partial charge in [0.15, 0.2) is 11.0 Å². The lowest BCUT2D eigenvalue weighted by atomic mass is 9.87. The fraction of sp³-hybridized carbons (Fsp3) is 0.214. The molecule has 194 valence electrons. The first-order valence-electron chi connectivity index (χ1n) is 12.0. The highest BCUT2D eigenvalue weighted by molar-refractivity contribution is 7.99. The highest BCUT2D eigenvalue weighted by Crippen LogP contribution is 2.30. The van der Waals surface area contributed by atoms with Gasteiger partial charge in [-0.05, 0) is 47.7 Å². The van der Waals surface area contributed by atoms with Gasteiger partial charge in [0.1, 0.15) is 0 Å². The van der Waals surface area contributed by atoms with Gasteiger partial charge in [-0.25, -0.2) is 5.43 Å². The predicted molar refractivity (Wildman–Crippen MR) is 150 cm³/mol. The first-order chi connectivity index (χ1) is 18.1. The number of aromatic nitrogens is 3. The Bertz CT molecular complexity index is 1460. The second-order valence-electron chi connectivity index (χ2n) is 9.63. The molecular formula is C28H28N6O3S. The summed E-state index contributed by atoms with van der Waals surface area (Å²) < 4.78 is 1.94. The number of thioether (sulfide) groups is 1. The molecule has 1 amide bonds. The number of nitro groups is 1. The van der Waals surface area contributed by atoms with Crippen LogP contribution in [0.25, 0.3) is 17.1 Å². The van der Waals surface area contributed by atoms with Gasteiger partial charge in [0.2, 0.25) is 0 Å². The van der Waals surface area contributed by atoms with Crippen LogP contribution in [0.15, 0.2) is 89.1 Å². The van der Waals surface area contributed by atoms with Gasteiger partial charge in [-0.2, -0.15) is 5.10 Å². The second kappa shape index (κ2) is 11.4. The molecule has 10 heteroatoms. The summed E-state index contributed by atoms with van der Waals surface area (Å²) in [7, 11) is 0. The number of nitrogens with zero attached hydrogens (tertiary/aromatic N) is 5. The Morgan fingerprint density at radius 2 is 1.66 bits per heavy atom. The summed E-state index contributed by atoms with van der Waals surface area (Å²) in [6.07, 6.45) is 0. The number of para-hydroxylation sites is 1. The molecule has 0 unspecified atom stereocenters. The van der Waals surface area contributed by atoms with Crippen LogP contribution in [0, 0.1) is 10.1 Å². The quantitative estimate of drug-likeness (QED) is 0.134. The summed E-state index contributed by atoms with van der Waals surface area (Å²) >= 11 is 1.26. The normalized spacial score (nSPS) is 11.8. The van der Waals surface area contributed by atoms with E-state index in [4.69, 9.17) is 0 Å². The zero-order chi connectivity index (χ0) is 27.3. The summed E-state index contributed by atoms with van der Waals surface area (Å²) in [4.78, 5) is 22.9. The second-order valence-corrected chi connectivity index (χ2v) is 10.6. The molecular weight excluding hydrogens is 500 g/mol. The number of hydrogen-bond donors (Lipinski definition) is 1. The van der Waals surface area contributed by atoms with Gasteiger partial charge in [0.25, 0.3) is 11.6 Å². The maximum absolute atomic E-state index is 12.6. The van der Waals surface area contributed by atoms with Crippen LogP contribution in [0.5, 0.6) is 0 Å². The van der Waals surface area contributed by atoms with E-state index in [9.17, 15) is 14.9 Å². The summed E-state index contributed by atoms with van der Waals surface area (Å²) in [5.74, 6) is 0.451. The maximum atomic E-state index is 12.6. The molecule has 3 aromatic carbocycles. The van der Waals surface area contributed by atoms with Gasteiger partial charge in [0, 0.05) is 23.4 Å². The Balaban J connectivity index is 1.50. The Hall–Kier alpha value is -4.31. The van der Waals surface area contributed by atoms with Crippen LogP contribution in [0.3, 0.4) is 0 Å². The van der Waals surface area contributed by atoms with E-state index in [1.807, 2.05) is 47.0 Å². The largest absolute Gasteiger partial charge is 0.272 e. The highest BCUT2D eigenvalue weighted by atomic mass is 32.2. The van der Waals surface area contributed by atoms with E-state index in [-0.39, 0.29) is 22.8 Å². The van der Waals surface area contributed by atoms with Gasteiger partial charge in [-0.15, -0.1) is 10.2 Å². The summed E-state index contributed by atoms with van der Waals surface area (Å²) in [5, 5.41) is 24.4. The Labute approximate surface area is 225 Å². The number of rotatable bonds is 8. The lowest BCUT2D eigenvalue weighted by molar-refractivity contribution is -0.384. The number of hydrogen-bond acceptors (Lipinski definition) is 7. The SMILES string of the molecule is C/C(=N/NC(=O)CSc1nnc(-c2ccc(C(C)(C)C)cc2)n1-c1ccccc1)c1ccc([N+](=O)[O-])cc1. The number of benzene rings is 3. The first kappa shape index (κ1) is 26.7. The molecule has 0 spiro atoms. The van der Waals surface area contributed by atoms with Crippen LogP contribution in [0.1, 0.15) is 38.8 Å². The molecule has 38 heavy (non-hydrogen) atoms. The number of nitro benzene ring substituents is 1. The van der Waals surface area contributed by atoms with E-state index < -0.39 is 4.92 Å². The molecule has 1 aromatic heterocycles. The fourth-order valence-electron chi connectivity index (χ4n) is 3.68. The number of carbonyl (C=O) groups excluding carboxylic acids is 1. The third kappa shape index (κ3) is 6.33. The van der Waals surface area contributed by atoms with E-state index in [1.54, 1.807) is 19.1 Å². The van der Waals surface area contributed by atoms with Crippen LogP contribution in [0.2, 0.25) is 0 Å². The predicted octanol–water partition coefficient (Wildman–Crippen LogP) is 5.77. The Morgan fingerprint density at radius 3 is 2.26 bits per heavy atom. The summed E-state index contributed by atoms with van der Waals surface area (Å²) in [6.45, 7) is 8.24. The molecule has 0 aliphatic carbocycles. The lowest BCUT2D eigenvalue weighted by Crippen LogP contribution is -2.21. The van der Waals surface area contributed by atoms with Crippen LogP contribution in [-0.2, 0) is 10.2 Å². The average molecular weight is 529 g/mol. The van der Waals surface area contributed by atoms with Gasteiger partial charge >= 0.3 is 0 Å². The van der Waals surface area contributed by atoms with E-state index in [2.05, 4.69) is 53.6 Å². The van der Waals surface area contributed by atoms with Gasteiger partial charge < -0.3 is 0 Å². The number of amides is 1. The molecule has 0 saturated carbocycles. The Morgan fingerprint density at radius 1 is 1.00 bits per heavy atom. The molecule has 4 rings (SSSR count). The minimum absolute atomic E-state index is 0.00553. The summed E-state index contributed by atoms with van der Waals surface area (Å²) in [6, 6.07) is 24.0. The zero-order valence-corrected chi connectivity index (χ0v) is 22.4. The van der Waals surface area contributed by atoms with Crippen molar-refractivity contribution in [2.75, 3.05) is 5.75 Å². The molecule has 0 aliphatic rings. The van der Waals surface area contributed by atoms with Crippen molar-refractivity contribution >= 4 is 29.1 Å². The van der Waals surface area contributed by atoms with E-state index in [0.29, 0.717) is 22.3 Å². The summed E-state index contributed by atoms with van der Waals surface area (Å²) in [5.41, 5.74) is 6.83. The number of non-ortho nitro benzene ring substituents is 1. The number of carbonyl (C=O) groups is 1. The van der Waals surface area contributed by atoms with Gasteiger partial charge in [0.05, 0.1) is 16.4 Å². The van der Waals surface area contributed by atoms with Crippen molar-refractivity contribution in [3.05, 3.63) is 100 Å². The van der Waals surface area contributed by atoms with Crippen LogP contribution in [0.4, 0.5) is 5.69 Å². The molecule has 0 atom stereocenters. The van der Waals surface area contributed by atoms with Crippen LogP contribution in [-0.4, -0.2) is 37.1 Å². The molecule has 9 nitrogen and oxygen atoms in total. The van der Waals surface area contributed by atoms with Crippen molar-refractivity contribution in [2.45, 2.75) is 38.3 Å². The van der Waals surface area contributed by atoms with E-state index in [1.165, 1.54) is 29.5 Å². The molecule has 0 aliphatic heterocycles. The van der Waals surface area contributed by atoms with Crippen molar-refractivity contribution < 1.29 is 9.72 Å². The topological polar surface area (TPSA) is 115 Å². The molecule has 0 bridgehead atoms.